The molecule has 1 amide bonds. The molecule has 2 fully saturated rings. The molecule has 1 aromatic rings. The second kappa shape index (κ2) is 5.21. The summed E-state index contributed by atoms with van der Waals surface area (Å²) >= 11 is 0. The third kappa shape index (κ3) is 2.24. The number of rotatable bonds is 2. The Bertz CT molecular complexity index is 475. The molecule has 0 aromatic heterocycles. The van der Waals surface area contributed by atoms with Crippen LogP contribution in [0.2, 0.25) is 0 Å². The van der Waals surface area contributed by atoms with Crippen LogP contribution in [-0.4, -0.2) is 36.5 Å². The summed E-state index contributed by atoms with van der Waals surface area (Å²) in [6, 6.07) is 10.9. The zero-order valence-corrected chi connectivity index (χ0v) is 12.4. The second-order valence-corrected chi connectivity index (χ2v) is 6.55. The van der Waals surface area contributed by atoms with E-state index in [1.54, 1.807) is 0 Å². The molecule has 3 heteroatoms. The largest absolute Gasteiger partial charge is 0.355 e. The highest BCUT2D eigenvalue weighted by molar-refractivity contribution is 5.87. The molecule has 3 nitrogen and oxygen atoms in total. The fraction of sp³-hybridized carbons (Fsp3) is 0.588. The number of benzene rings is 1. The molecule has 1 aromatic carbocycles. The fourth-order valence-electron chi connectivity index (χ4n) is 3.85. The van der Waals surface area contributed by atoms with Crippen LogP contribution >= 0.6 is 0 Å². The van der Waals surface area contributed by atoms with E-state index in [0.29, 0.717) is 6.04 Å². The zero-order chi connectivity index (χ0) is 14.2. The molecule has 2 saturated heterocycles. The van der Waals surface area contributed by atoms with Gasteiger partial charge in [0.05, 0.1) is 5.92 Å². The molecule has 108 valence electrons. The Labute approximate surface area is 121 Å². The highest BCUT2D eigenvalue weighted by Crippen LogP contribution is 2.47. The monoisotopic (exact) mass is 272 g/mol. The van der Waals surface area contributed by atoms with Gasteiger partial charge in [0.1, 0.15) is 0 Å². The van der Waals surface area contributed by atoms with Crippen molar-refractivity contribution in [2.75, 3.05) is 19.6 Å². The van der Waals surface area contributed by atoms with Crippen LogP contribution in [0.1, 0.15) is 38.2 Å². The highest BCUT2D eigenvalue weighted by atomic mass is 16.2. The third-order valence-electron chi connectivity index (χ3n) is 5.15. The molecule has 1 N–H and O–H groups in total. The van der Waals surface area contributed by atoms with Gasteiger partial charge in [0.2, 0.25) is 5.91 Å². The van der Waals surface area contributed by atoms with Gasteiger partial charge in [-0.15, -0.1) is 0 Å². The summed E-state index contributed by atoms with van der Waals surface area (Å²) in [5, 5.41) is 3.12. The first kappa shape index (κ1) is 13.6. The van der Waals surface area contributed by atoms with Gasteiger partial charge in [0.15, 0.2) is 0 Å². The van der Waals surface area contributed by atoms with Crippen LogP contribution in [0.3, 0.4) is 0 Å². The van der Waals surface area contributed by atoms with Crippen molar-refractivity contribution in [1.29, 1.82) is 0 Å². The summed E-state index contributed by atoms with van der Waals surface area (Å²) in [7, 11) is 0. The second-order valence-electron chi connectivity index (χ2n) is 6.55. The van der Waals surface area contributed by atoms with Crippen LogP contribution in [0.5, 0.6) is 0 Å². The molecule has 2 heterocycles. The van der Waals surface area contributed by atoms with Gasteiger partial charge in [-0.05, 0) is 45.3 Å². The predicted molar refractivity (Wildman–Crippen MR) is 80.6 cm³/mol. The zero-order valence-electron chi connectivity index (χ0n) is 12.4. The van der Waals surface area contributed by atoms with Gasteiger partial charge in [-0.2, -0.15) is 0 Å². The average molecular weight is 272 g/mol. The maximum absolute atomic E-state index is 12.3. The maximum Gasteiger partial charge on any atom is 0.228 e. The molecule has 0 radical (unpaired) electrons. The van der Waals surface area contributed by atoms with Crippen LogP contribution in [0, 0.1) is 5.41 Å². The van der Waals surface area contributed by atoms with Crippen molar-refractivity contribution < 1.29 is 4.79 Å². The number of hydrogen-bond donors (Lipinski definition) is 1. The van der Waals surface area contributed by atoms with Gasteiger partial charge in [-0.25, -0.2) is 0 Å². The van der Waals surface area contributed by atoms with Crippen LogP contribution in [0.4, 0.5) is 0 Å². The highest BCUT2D eigenvalue weighted by Gasteiger charge is 2.50. The van der Waals surface area contributed by atoms with Crippen molar-refractivity contribution in [2.45, 2.75) is 38.6 Å². The third-order valence-corrected chi connectivity index (χ3v) is 5.15. The summed E-state index contributed by atoms with van der Waals surface area (Å²) in [5.74, 6) is 0.257. The lowest BCUT2D eigenvalue weighted by molar-refractivity contribution is -0.121. The van der Waals surface area contributed by atoms with Gasteiger partial charge in [0, 0.05) is 18.0 Å². The van der Waals surface area contributed by atoms with E-state index in [1.807, 2.05) is 18.2 Å². The molecule has 1 atom stereocenters. The molecular formula is C17H24N2O. The molecule has 20 heavy (non-hydrogen) atoms. The number of hydrogen-bond acceptors (Lipinski definition) is 2. The molecular weight excluding hydrogens is 248 g/mol. The lowest BCUT2D eigenvalue weighted by Gasteiger charge is -2.43. The summed E-state index contributed by atoms with van der Waals surface area (Å²) in [6.45, 7) is 7.57. The number of nitrogens with one attached hydrogen (secondary N) is 1. The molecule has 0 saturated carbocycles. The molecule has 0 aliphatic carbocycles. The van der Waals surface area contributed by atoms with E-state index >= 15 is 0 Å². The van der Waals surface area contributed by atoms with Crippen LogP contribution < -0.4 is 5.32 Å². The van der Waals surface area contributed by atoms with E-state index < -0.39 is 0 Å². The van der Waals surface area contributed by atoms with Gasteiger partial charge < -0.3 is 10.2 Å². The Morgan fingerprint density at radius 3 is 2.45 bits per heavy atom. The lowest BCUT2D eigenvalue weighted by atomic mass is 9.68. The summed E-state index contributed by atoms with van der Waals surface area (Å²) in [5.41, 5.74) is 1.31. The molecule has 2 aliphatic heterocycles. The van der Waals surface area contributed by atoms with Crippen molar-refractivity contribution in [3.8, 4) is 0 Å². The van der Waals surface area contributed by atoms with Gasteiger partial charge in [-0.1, -0.05) is 30.3 Å². The van der Waals surface area contributed by atoms with Gasteiger partial charge >= 0.3 is 0 Å². The lowest BCUT2D eigenvalue weighted by Crippen LogP contribution is -2.46. The van der Waals surface area contributed by atoms with E-state index in [0.717, 1.165) is 32.5 Å². The average Bonchev–Trinajstić information content (AvgIpc) is 2.77. The molecule has 1 spiro atoms. The number of piperidine rings is 1. The van der Waals surface area contributed by atoms with E-state index in [1.165, 1.54) is 5.56 Å². The first-order valence-electron chi connectivity index (χ1n) is 7.69. The quantitative estimate of drug-likeness (QED) is 0.896. The van der Waals surface area contributed by atoms with E-state index in [-0.39, 0.29) is 17.2 Å². The van der Waals surface area contributed by atoms with E-state index in [9.17, 15) is 4.79 Å². The van der Waals surface area contributed by atoms with Crippen molar-refractivity contribution in [1.82, 2.24) is 10.2 Å². The minimum absolute atomic E-state index is 0.0398. The summed E-state index contributed by atoms with van der Waals surface area (Å²) in [6.07, 6.45) is 2.23. The maximum atomic E-state index is 12.3. The standard InChI is InChI=1S/C17H24N2O/c1-13(2)19-10-8-17(9-11-19)12-18-16(20)15(17)14-6-4-3-5-7-14/h3-7,13,15H,8-12H2,1-2H3,(H,18,20). The van der Waals surface area contributed by atoms with Crippen molar-refractivity contribution >= 4 is 5.91 Å². The van der Waals surface area contributed by atoms with Crippen molar-refractivity contribution in [3.63, 3.8) is 0 Å². The number of likely N-dealkylation sites (tertiary alicyclic amines) is 1. The number of nitrogens with zero attached hydrogens (tertiary/aromatic N) is 1. The van der Waals surface area contributed by atoms with Crippen LogP contribution in [-0.2, 0) is 4.79 Å². The molecule has 3 rings (SSSR count). The Kier molecular flexibility index (Phi) is 3.55. The molecule has 2 aliphatic rings. The minimum atomic E-state index is 0.0398. The molecule has 0 bridgehead atoms. The predicted octanol–water partition coefficient (Wildman–Crippen LogP) is 2.39. The van der Waals surface area contributed by atoms with Crippen LogP contribution in [0.15, 0.2) is 30.3 Å². The Morgan fingerprint density at radius 2 is 1.85 bits per heavy atom. The van der Waals surface area contributed by atoms with Crippen LogP contribution in [0.25, 0.3) is 0 Å². The fourth-order valence-corrected chi connectivity index (χ4v) is 3.85. The number of carbonyl (C=O) groups is 1. The Morgan fingerprint density at radius 1 is 1.20 bits per heavy atom. The summed E-state index contributed by atoms with van der Waals surface area (Å²) in [4.78, 5) is 14.9. The first-order valence-corrected chi connectivity index (χ1v) is 7.69. The normalized spacial score (nSPS) is 26.1. The van der Waals surface area contributed by atoms with E-state index in [2.05, 4.69) is 36.2 Å². The Hall–Kier alpha value is -1.35. The van der Waals surface area contributed by atoms with Crippen molar-refractivity contribution in [2.24, 2.45) is 5.41 Å². The number of carbonyl (C=O) groups excluding carboxylic acids is 1. The topological polar surface area (TPSA) is 32.3 Å². The SMILES string of the molecule is CC(C)N1CCC2(CC1)CNC(=O)C2c1ccccc1. The first-order chi connectivity index (χ1) is 9.62. The van der Waals surface area contributed by atoms with E-state index in [4.69, 9.17) is 0 Å². The van der Waals surface area contributed by atoms with Crippen molar-refractivity contribution in [3.05, 3.63) is 35.9 Å². The van der Waals surface area contributed by atoms with Gasteiger partial charge in [0.25, 0.3) is 0 Å². The minimum Gasteiger partial charge on any atom is -0.355 e. The van der Waals surface area contributed by atoms with Gasteiger partial charge in [-0.3, -0.25) is 4.79 Å². The summed E-state index contributed by atoms with van der Waals surface area (Å²) < 4.78 is 0. The Balaban J connectivity index is 1.84. The molecule has 1 unspecified atom stereocenters. The number of amides is 1. The smallest absolute Gasteiger partial charge is 0.228 e.